The van der Waals surface area contributed by atoms with Crippen molar-refractivity contribution < 1.29 is 9.84 Å². The first-order chi connectivity index (χ1) is 10.9. The molecule has 2 aromatic heterocycles. The monoisotopic (exact) mass is 336 g/mol. The summed E-state index contributed by atoms with van der Waals surface area (Å²) in [6.45, 7) is 8.02. The average Bonchev–Trinajstić information content (AvgIpc) is 3.19. The maximum Gasteiger partial charge on any atom is 0.0952 e. The summed E-state index contributed by atoms with van der Waals surface area (Å²) in [5.41, 5.74) is 0.935. The van der Waals surface area contributed by atoms with Gasteiger partial charge in [-0.1, -0.05) is 32.1 Å². The Morgan fingerprint density at radius 3 is 2.96 bits per heavy atom. The van der Waals surface area contributed by atoms with Crippen LogP contribution >= 0.6 is 11.3 Å². The highest BCUT2D eigenvalue weighted by Crippen LogP contribution is 2.21. The molecule has 0 aliphatic carbocycles. The predicted molar refractivity (Wildman–Crippen MR) is 89.4 cm³/mol. The fourth-order valence-corrected chi connectivity index (χ4v) is 3.31. The van der Waals surface area contributed by atoms with Crippen molar-refractivity contribution in [3.8, 4) is 0 Å². The lowest BCUT2D eigenvalue weighted by Gasteiger charge is -2.21. The second kappa shape index (κ2) is 6.68. The van der Waals surface area contributed by atoms with Crippen LogP contribution in [-0.2, 0) is 23.2 Å². The van der Waals surface area contributed by atoms with Gasteiger partial charge in [-0.15, -0.1) is 16.4 Å². The Kier molecular flexibility index (Phi) is 4.82. The summed E-state index contributed by atoms with van der Waals surface area (Å²) in [5, 5.41) is 24.1. The number of hydrogen-bond acceptors (Lipinski definition) is 6. The van der Waals surface area contributed by atoms with E-state index in [-0.39, 0.29) is 17.6 Å². The van der Waals surface area contributed by atoms with Gasteiger partial charge in [0.1, 0.15) is 0 Å². The van der Waals surface area contributed by atoms with Gasteiger partial charge >= 0.3 is 0 Å². The van der Waals surface area contributed by atoms with Gasteiger partial charge in [-0.05, 0) is 11.4 Å². The van der Waals surface area contributed by atoms with Crippen LogP contribution in [0.15, 0.2) is 23.7 Å². The smallest absolute Gasteiger partial charge is 0.0952 e. The molecule has 2 aromatic rings. The topological polar surface area (TPSA) is 72.2 Å². The number of rotatable bonds is 5. The molecule has 2 N–H and O–H groups in total. The van der Waals surface area contributed by atoms with Gasteiger partial charge in [0.15, 0.2) is 0 Å². The molecule has 126 valence electrons. The van der Waals surface area contributed by atoms with Crippen LogP contribution in [0.3, 0.4) is 0 Å². The molecule has 1 aliphatic heterocycles. The predicted octanol–water partition coefficient (Wildman–Crippen LogP) is 1.56. The van der Waals surface area contributed by atoms with Crippen LogP contribution in [0, 0.1) is 0 Å². The van der Waals surface area contributed by atoms with E-state index in [1.54, 1.807) is 11.3 Å². The number of aliphatic hydroxyl groups is 1. The molecule has 0 aromatic carbocycles. The van der Waals surface area contributed by atoms with Gasteiger partial charge < -0.3 is 15.2 Å². The molecular weight excluding hydrogens is 312 g/mol. The molecule has 1 saturated heterocycles. The van der Waals surface area contributed by atoms with Gasteiger partial charge in [0.2, 0.25) is 0 Å². The van der Waals surface area contributed by atoms with E-state index in [2.05, 4.69) is 47.8 Å². The third kappa shape index (κ3) is 3.98. The number of aliphatic hydroxyl groups excluding tert-OH is 1. The number of aromatic nitrogens is 3. The van der Waals surface area contributed by atoms with Crippen molar-refractivity contribution in [1.82, 2.24) is 20.3 Å². The van der Waals surface area contributed by atoms with E-state index in [1.165, 1.54) is 4.88 Å². The fourth-order valence-electron chi connectivity index (χ4n) is 2.66. The molecule has 23 heavy (non-hydrogen) atoms. The van der Waals surface area contributed by atoms with Crippen LogP contribution in [0.5, 0.6) is 0 Å². The molecule has 0 amide bonds. The maximum atomic E-state index is 10.2. The van der Waals surface area contributed by atoms with Crippen molar-refractivity contribution >= 4 is 11.3 Å². The summed E-state index contributed by atoms with van der Waals surface area (Å²) in [6.07, 6.45) is 1.36. The van der Waals surface area contributed by atoms with Crippen molar-refractivity contribution in [2.75, 3.05) is 6.61 Å². The summed E-state index contributed by atoms with van der Waals surface area (Å²) >= 11 is 1.71. The van der Waals surface area contributed by atoms with Crippen molar-refractivity contribution in [3.63, 3.8) is 0 Å². The lowest BCUT2D eigenvalue weighted by molar-refractivity contribution is 0.0741. The molecule has 0 unspecified atom stereocenters. The van der Waals surface area contributed by atoms with Crippen LogP contribution in [0.25, 0.3) is 0 Å². The van der Waals surface area contributed by atoms with Gasteiger partial charge in [0, 0.05) is 23.0 Å². The second-order valence-electron chi connectivity index (χ2n) is 7.00. The number of thiophene rings is 1. The van der Waals surface area contributed by atoms with Gasteiger partial charge in [-0.3, -0.25) is 0 Å². The van der Waals surface area contributed by atoms with E-state index in [4.69, 9.17) is 4.74 Å². The Bertz CT molecular complexity index is 620. The summed E-state index contributed by atoms with van der Waals surface area (Å²) in [5.74, 6) is 0. The zero-order chi connectivity index (χ0) is 16.4. The second-order valence-corrected chi connectivity index (χ2v) is 8.03. The zero-order valence-corrected chi connectivity index (χ0v) is 14.6. The standard InChI is InChI=1S/C16H24N4O2S/c1-16(2,3)14-9-20(19-18-14)8-13-15(12(21)10-22-13)17-7-11-5-4-6-23-11/h4-6,9,12-13,15,17,21H,7-8,10H2,1-3H3/t12-,13+,15+/m0/s1. The largest absolute Gasteiger partial charge is 0.389 e. The van der Waals surface area contributed by atoms with Crippen LogP contribution < -0.4 is 5.32 Å². The molecule has 0 radical (unpaired) electrons. The minimum Gasteiger partial charge on any atom is -0.389 e. The Morgan fingerprint density at radius 2 is 2.30 bits per heavy atom. The van der Waals surface area contributed by atoms with E-state index in [0.717, 1.165) is 12.2 Å². The minimum absolute atomic E-state index is 0.0227. The highest BCUT2D eigenvalue weighted by molar-refractivity contribution is 7.09. The third-order valence-electron chi connectivity index (χ3n) is 4.06. The first-order valence-electron chi connectivity index (χ1n) is 7.89. The quantitative estimate of drug-likeness (QED) is 0.867. The first-order valence-corrected chi connectivity index (χ1v) is 8.77. The summed E-state index contributed by atoms with van der Waals surface area (Å²) in [6, 6.07) is 4.02. The maximum absolute atomic E-state index is 10.2. The first kappa shape index (κ1) is 16.6. The fraction of sp³-hybridized carbons (Fsp3) is 0.625. The number of ether oxygens (including phenoxy) is 1. The van der Waals surface area contributed by atoms with Crippen LogP contribution in [0.1, 0.15) is 31.3 Å². The van der Waals surface area contributed by atoms with Crippen molar-refractivity contribution in [2.45, 2.75) is 57.5 Å². The minimum atomic E-state index is -0.495. The molecule has 1 aliphatic rings. The number of nitrogens with one attached hydrogen (secondary N) is 1. The number of nitrogens with zero attached hydrogens (tertiary/aromatic N) is 3. The van der Waals surface area contributed by atoms with Crippen LogP contribution in [0.2, 0.25) is 0 Å². The molecule has 1 fully saturated rings. The summed E-state index contributed by atoms with van der Waals surface area (Å²) in [4.78, 5) is 1.25. The lowest BCUT2D eigenvalue weighted by Crippen LogP contribution is -2.44. The molecule has 7 heteroatoms. The molecule has 3 rings (SSSR count). The molecule has 3 heterocycles. The van der Waals surface area contributed by atoms with E-state index in [0.29, 0.717) is 13.2 Å². The van der Waals surface area contributed by atoms with Crippen molar-refractivity contribution in [3.05, 3.63) is 34.3 Å². The molecule has 0 bridgehead atoms. The molecule has 0 saturated carbocycles. The lowest BCUT2D eigenvalue weighted by atomic mass is 9.93. The molecule has 6 nitrogen and oxygen atoms in total. The Hall–Kier alpha value is -1.28. The van der Waals surface area contributed by atoms with Crippen LogP contribution in [0.4, 0.5) is 0 Å². The van der Waals surface area contributed by atoms with E-state index in [9.17, 15) is 5.11 Å². The van der Waals surface area contributed by atoms with Crippen molar-refractivity contribution in [2.24, 2.45) is 0 Å². The third-order valence-corrected chi connectivity index (χ3v) is 4.94. The zero-order valence-electron chi connectivity index (χ0n) is 13.8. The van der Waals surface area contributed by atoms with Gasteiger partial charge in [0.05, 0.1) is 37.1 Å². The highest BCUT2D eigenvalue weighted by atomic mass is 32.1. The van der Waals surface area contributed by atoms with Gasteiger partial charge in [-0.25, -0.2) is 4.68 Å². The van der Waals surface area contributed by atoms with E-state index in [1.807, 2.05) is 16.9 Å². The SMILES string of the molecule is CC(C)(C)c1cn(C[C@H]2OC[C@H](O)[C@H]2NCc2cccs2)nn1. The highest BCUT2D eigenvalue weighted by Gasteiger charge is 2.36. The van der Waals surface area contributed by atoms with E-state index < -0.39 is 6.10 Å². The molecular formula is C16H24N4O2S. The Balaban J connectivity index is 1.62. The normalized spacial score (nSPS) is 25.1. The Morgan fingerprint density at radius 1 is 1.48 bits per heavy atom. The van der Waals surface area contributed by atoms with Crippen LogP contribution in [-0.4, -0.2) is 45.0 Å². The van der Waals surface area contributed by atoms with Crippen molar-refractivity contribution in [1.29, 1.82) is 0 Å². The van der Waals surface area contributed by atoms with Gasteiger partial charge in [0.25, 0.3) is 0 Å². The van der Waals surface area contributed by atoms with E-state index >= 15 is 0 Å². The Labute approximate surface area is 140 Å². The average molecular weight is 336 g/mol. The summed E-state index contributed by atoms with van der Waals surface area (Å²) in [7, 11) is 0. The summed E-state index contributed by atoms with van der Waals surface area (Å²) < 4.78 is 7.56. The van der Waals surface area contributed by atoms with Gasteiger partial charge in [-0.2, -0.15) is 0 Å². The molecule has 0 spiro atoms. The molecule has 3 atom stereocenters. The number of hydrogen-bond donors (Lipinski definition) is 2.